The average Bonchev–Trinajstić information content (AvgIpc) is 1.94. The maximum atomic E-state index is 5.60. The Morgan fingerprint density at radius 3 is 2.55 bits per heavy atom. The molecule has 2 radical (unpaired) electrons. The highest BCUT2D eigenvalue weighted by atomic mass is 14.7. The van der Waals surface area contributed by atoms with Crippen molar-refractivity contribution in [3.8, 4) is 0 Å². The first kappa shape index (κ1) is 8.31. The Hall–Kier alpha value is -0.785. The van der Waals surface area contributed by atoms with Crippen LogP contribution in [0.4, 0.5) is 0 Å². The third kappa shape index (κ3) is 1.82. The number of hydrogen-bond acceptors (Lipinski definition) is 1. The van der Waals surface area contributed by atoms with Crippen molar-refractivity contribution < 1.29 is 0 Å². The fourth-order valence-electron chi connectivity index (χ4n) is 1.15. The first-order valence-electron chi connectivity index (χ1n) is 3.83. The predicted octanol–water partition coefficient (Wildman–Crippen LogP) is 1.31. The molecule has 1 nitrogen and oxygen atoms in total. The standard InChI is InChI=1S/C9H12BN/c1-6(2)9-4-8(10)5-11-7(9)3/h4-6H,1-3H3. The Morgan fingerprint density at radius 1 is 1.45 bits per heavy atom. The summed E-state index contributed by atoms with van der Waals surface area (Å²) in [6, 6.07) is 1.99. The smallest absolute Gasteiger partial charge is 0.115 e. The number of pyridine rings is 1. The van der Waals surface area contributed by atoms with E-state index in [-0.39, 0.29) is 0 Å². The molecule has 0 N–H and O–H groups in total. The van der Waals surface area contributed by atoms with Gasteiger partial charge in [0.15, 0.2) is 0 Å². The summed E-state index contributed by atoms with van der Waals surface area (Å²) in [6.07, 6.45) is 1.70. The lowest BCUT2D eigenvalue weighted by Crippen LogP contribution is -2.07. The summed E-state index contributed by atoms with van der Waals surface area (Å²) in [4.78, 5) is 4.17. The predicted molar refractivity (Wildman–Crippen MR) is 48.5 cm³/mol. The molecular weight excluding hydrogens is 133 g/mol. The lowest BCUT2D eigenvalue weighted by molar-refractivity contribution is 0.845. The van der Waals surface area contributed by atoms with Crippen LogP contribution in [0.3, 0.4) is 0 Å². The zero-order valence-electron chi connectivity index (χ0n) is 7.26. The fourth-order valence-corrected chi connectivity index (χ4v) is 1.15. The highest BCUT2D eigenvalue weighted by Crippen LogP contribution is 2.14. The Labute approximate surface area is 69.3 Å². The van der Waals surface area contributed by atoms with Crippen LogP contribution in [0, 0.1) is 6.92 Å². The molecule has 0 saturated heterocycles. The van der Waals surface area contributed by atoms with Gasteiger partial charge < -0.3 is 0 Å². The monoisotopic (exact) mass is 145 g/mol. The van der Waals surface area contributed by atoms with Crippen molar-refractivity contribution >= 4 is 13.3 Å². The summed E-state index contributed by atoms with van der Waals surface area (Å²) in [5.41, 5.74) is 3.07. The van der Waals surface area contributed by atoms with Crippen LogP contribution in [0.1, 0.15) is 31.0 Å². The van der Waals surface area contributed by atoms with Crippen molar-refractivity contribution in [3.05, 3.63) is 23.5 Å². The van der Waals surface area contributed by atoms with Crippen LogP contribution < -0.4 is 5.46 Å². The fraction of sp³-hybridized carbons (Fsp3) is 0.444. The zero-order valence-corrected chi connectivity index (χ0v) is 7.26. The molecule has 0 aromatic carbocycles. The van der Waals surface area contributed by atoms with Crippen LogP contribution in [-0.4, -0.2) is 12.8 Å². The van der Waals surface area contributed by atoms with Crippen molar-refractivity contribution in [1.82, 2.24) is 4.98 Å². The molecule has 11 heavy (non-hydrogen) atoms. The van der Waals surface area contributed by atoms with E-state index in [4.69, 9.17) is 7.85 Å². The Balaban J connectivity index is 3.13. The van der Waals surface area contributed by atoms with Crippen molar-refractivity contribution in [2.45, 2.75) is 26.7 Å². The largest absolute Gasteiger partial charge is 0.262 e. The molecule has 0 fully saturated rings. The van der Waals surface area contributed by atoms with E-state index in [1.807, 2.05) is 13.0 Å². The molecule has 0 aliphatic rings. The molecule has 1 rings (SSSR count). The molecule has 1 heterocycles. The minimum atomic E-state index is 0.506. The second kappa shape index (κ2) is 3.08. The first-order chi connectivity index (χ1) is 5.11. The van der Waals surface area contributed by atoms with Crippen molar-refractivity contribution in [3.63, 3.8) is 0 Å². The molecule has 0 unspecified atom stereocenters. The summed E-state index contributed by atoms with van der Waals surface area (Å²) >= 11 is 0. The normalized spacial score (nSPS) is 10.5. The summed E-state index contributed by atoms with van der Waals surface area (Å²) in [6.45, 7) is 6.29. The number of rotatable bonds is 1. The minimum Gasteiger partial charge on any atom is -0.262 e. The van der Waals surface area contributed by atoms with Crippen LogP contribution in [-0.2, 0) is 0 Å². The highest BCUT2D eigenvalue weighted by Gasteiger charge is 2.02. The van der Waals surface area contributed by atoms with Gasteiger partial charge >= 0.3 is 0 Å². The number of aromatic nitrogens is 1. The van der Waals surface area contributed by atoms with E-state index in [1.165, 1.54) is 5.56 Å². The van der Waals surface area contributed by atoms with Crippen molar-refractivity contribution in [1.29, 1.82) is 0 Å². The topological polar surface area (TPSA) is 12.9 Å². The molecule has 0 amide bonds. The Kier molecular flexibility index (Phi) is 2.33. The van der Waals surface area contributed by atoms with Crippen molar-refractivity contribution in [2.24, 2.45) is 0 Å². The van der Waals surface area contributed by atoms with Crippen LogP contribution >= 0.6 is 0 Å². The van der Waals surface area contributed by atoms with Crippen LogP contribution in [0.25, 0.3) is 0 Å². The van der Waals surface area contributed by atoms with E-state index < -0.39 is 0 Å². The van der Waals surface area contributed by atoms with E-state index >= 15 is 0 Å². The van der Waals surface area contributed by atoms with Crippen LogP contribution in [0.15, 0.2) is 12.3 Å². The van der Waals surface area contributed by atoms with Gasteiger partial charge in [-0.2, -0.15) is 0 Å². The highest BCUT2D eigenvalue weighted by molar-refractivity contribution is 6.32. The maximum Gasteiger partial charge on any atom is 0.115 e. The molecule has 1 aromatic heterocycles. The SMILES string of the molecule is [B]c1cnc(C)c(C(C)C)c1. The Morgan fingerprint density at radius 2 is 2.09 bits per heavy atom. The van der Waals surface area contributed by atoms with Crippen LogP contribution in [0.5, 0.6) is 0 Å². The summed E-state index contributed by atoms with van der Waals surface area (Å²) in [5, 5.41) is 0. The molecule has 0 saturated carbocycles. The second-order valence-corrected chi connectivity index (χ2v) is 3.10. The number of aryl methyl sites for hydroxylation is 1. The van der Waals surface area contributed by atoms with Crippen molar-refractivity contribution in [2.75, 3.05) is 0 Å². The van der Waals surface area contributed by atoms with E-state index in [0.29, 0.717) is 5.92 Å². The van der Waals surface area contributed by atoms with Gasteiger partial charge in [0, 0.05) is 11.9 Å². The lowest BCUT2D eigenvalue weighted by atomic mass is 9.92. The molecule has 1 aromatic rings. The van der Waals surface area contributed by atoms with Gasteiger partial charge in [-0.05, 0) is 18.4 Å². The first-order valence-corrected chi connectivity index (χ1v) is 3.83. The number of nitrogens with zero attached hydrogens (tertiary/aromatic N) is 1. The summed E-state index contributed by atoms with van der Waals surface area (Å²) in [5.74, 6) is 0.506. The summed E-state index contributed by atoms with van der Waals surface area (Å²) in [7, 11) is 5.60. The molecule has 0 bridgehead atoms. The van der Waals surface area contributed by atoms with Gasteiger partial charge in [0.1, 0.15) is 7.85 Å². The van der Waals surface area contributed by atoms with Crippen LogP contribution in [0.2, 0.25) is 0 Å². The molecule has 0 spiro atoms. The van der Waals surface area contributed by atoms with E-state index in [2.05, 4.69) is 18.8 Å². The van der Waals surface area contributed by atoms with Gasteiger partial charge in [0.25, 0.3) is 0 Å². The molecule has 56 valence electrons. The molecule has 0 aliphatic heterocycles. The molecule has 0 aliphatic carbocycles. The van der Waals surface area contributed by atoms with Gasteiger partial charge in [-0.3, -0.25) is 4.98 Å². The quantitative estimate of drug-likeness (QED) is 0.543. The van der Waals surface area contributed by atoms with E-state index in [9.17, 15) is 0 Å². The van der Waals surface area contributed by atoms with Gasteiger partial charge in [0.05, 0.1) is 0 Å². The molecular formula is C9H12BN. The van der Waals surface area contributed by atoms with E-state index in [0.717, 1.165) is 11.2 Å². The van der Waals surface area contributed by atoms with Gasteiger partial charge in [0.2, 0.25) is 0 Å². The lowest BCUT2D eigenvalue weighted by Gasteiger charge is -2.08. The van der Waals surface area contributed by atoms with E-state index in [1.54, 1.807) is 6.20 Å². The number of hydrogen-bond donors (Lipinski definition) is 0. The third-order valence-corrected chi connectivity index (χ3v) is 1.77. The maximum absolute atomic E-state index is 5.60. The second-order valence-electron chi connectivity index (χ2n) is 3.10. The molecule has 0 atom stereocenters. The Bertz CT molecular complexity index is 256. The third-order valence-electron chi connectivity index (χ3n) is 1.77. The summed E-state index contributed by atoms with van der Waals surface area (Å²) < 4.78 is 0. The zero-order chi connectivity index (χ0) is 8.43. The average molecular weight is 145 g/mol. The van der Waals surface area contributed by atoms with Gasteiger partial charge in [-0.25, -0.2) is 0 Å². The minimum absolute atomic E-state index is 0.506. The molecule has 2 heteroatoms. The van der Waals surface area contributed by atoms with Gasteiger partial charge in [-0.15, -0.1) is 0 Å². The van der Waals surface area contributed by atoms with Gasteiger partial charge in [-0.1, -0.05) is 25.4 Å².